The Balaban J connectivity index is 1.22. The Kier molecular flexibility index (Phi) is 11.4. The first-order valence-electron chi connectivity index (χ1n) is 13.8. The number of nitro groups is 1. The van der Waals surface area contributed by atoms with Crippen LogP contribution >= 0.6 is 23.1 Å². The quantitative estimate of drug-likeness (QED) is 0.0617. The Morgan fingerprint density at radius 3 is 2.35 bits per heavy atom. The van der Waals surface area contributed by atoms with Crippen LogP contribution in [-0.2, 0) is 5.75 Å². The minimum Gasteiger partial charge on any atom is -0.494 e. The van der Waals surface area contributed by atoms with Gasteiger partial charge in [-0.05, 0) is 54.4 Å². The summed E-state index contributed by atoms with van der Waals surface area (Å²) in [5, 5.41) is 13.8. The Labute approximate surface area is 243 Å². The molecule has 1 aromatic heterocycles. The maximum absolute atomic E-state index is 12.8. The van der Waals surface area contributed by atoms with Crippen LogP contribution in [0.3, 0.4) is 0 Å². The van der Waals surface area contributed by atoms with E-state index in [0.717, 1.165) is 32.3 Å². The molecule has 0 atom stereocenters. The van der Waals surface area contributed by atoms with Gasteiger partial charge in [0.25, 0.3) is 11.6 Å². The van der Waals surface area contributed by atoms with Crippen molar-refractivity contribution in [1.82, 2.24) is 4.98 Å². The first kappa shape index (κ1) is 29.6. The molecule has 7 nitrogen and oxygen atoms in total. The van der Waals surface area contributed by atoms with E-state index in [1.807, 2.05) is 30.3 Å². The van der Waals surface area contributed by atoms with Crippen LogP contribution < -0.4 is 10.1 Å². The maximum atomic E-state index is 12.8. The average molecular weight is 578 g/mol. The second kappa shape index (κ2) is 15.4. The number of rotatable bonds is 16. The number of anilines is 1. The third kappa shape index (κ3) is 9.06. The van der Waals surface area contributed by atoms with Crippen LogP contribution in [0.25, 0.3) is 10.2 Å². The summed E-state index contributed by atoms with van der Waals surface area (Å²) in [6.45, 7) is 2.94. The molecule has 0 aliphatic carbocycles. The Morgan fingerprint density at radius 1 is 0.950 bits per heavy atom. The second-order valence-corrected chi connectivity index (χ2v) is 11.9. The lowest BCUT2D eigenvalue weighted by Crippen LogP contribution is -2.11. The molecule has 3 aromatic carbocycles. The largest absolute Gasteiger partial charge is 0.494 e. The molecule has 0 spiro atoms. The van der Waals surface area contributed by atoms with E-state index in [9.17, 15) is 14.9 Å². The van der Waals surface area contributed by atoms with E-state index in [4.69, 9.17) is 4.74 Å². The Morgan fingerprint density at radius 2 is 1.65 bits per heavy atom. The van der Waals surface area contributed by atoms with Crippen LogP contribution in [0.15, 0.2) is 71.1 Å². The van der Waals surface area contributed by atoms with Crippen LogP contribution in [0, 0.1) is 10.1 Å². The van der Waals surface area contributed by atoms with Gasteiger partial charge in [-0.15, -0.1) is 11.3 Å². The molecule has 0 saturated heterocycles. The molecule has 0 unspecified atom stereocenters. The van der Waals surface area contributed by atoms with Crippen LogP contribution in [0.4, 0.5) is 11.4 Å². The first-order chi connectivity index (χ1) is 19.5. The Hall–Kier alpha value is -3.43. The van der Waals surface area contributed by atoms with Crippen LogP contribution in [0.5, 0.6) is 5.75 Å². The average Bonchev–Trinajstić information content (AvgIpc) is 3.38. The number of nitro benzene ring substituents is 1. The van der Waals surface area contributed by atoms with Crippen molar-refractivity contribution in [1.29, 1.82) is 0 Å². The molecule has 0 bridgehead atoms. The van der Waals surface area contributed by atoms with Gasteiger partial charge in [-0.2, -0.15) is 0 Å². The van der Waals surface area contributed by atoms with Gasteiger partial charge >= 0.3 is 0 Å². The maximum Gasteiger partial charge on any atom is 0.269 e. The molecular formula is C31H35N3O4S2. The van der Waals surface area contributed by atoms with Gasteiger partial charge in [-0.3, -0.25) is 14.9 Å². The normalized spacial score (nSPS) is 11.0. The molecule has 0 radical (unpaired) electrons. The lowest BCUT2D eigenvalue weighted by Gasteiger charge is -2.08. The molecule has 0 saturated carbocycles. The van der Waals surface area contributed by atoms with Crippen LogP contribution in [0.1, 0.15) is 74.2 Å². The molecule has 1 N–H and O–H groups in total. The van der Waals surface area contributed by atoms with Gasteiger partial charge in [0.15, 0.2) is 4.34 Å². The number of ether oxygens (including phenoxy) is 1. The predicted octanol–water partition coefficient (Wildman–Crippen LogP) is 9.27. The first-order valence-corrected chi connectivity index (χ1v) is 15.6. The minimum absolute atomic E-state index is 0.0849. The van der Waals surface area contributed by atoms with Crippen LogP contribution in [0.2, 0.25) is 0 Å². The van der Waals surface area contributed by atoms with E-state index in [2.05, 4.69) is 17.2 Å². The lowest BCUT2D eigenvalue weighted by atomic mass is 10.1. The SMILES string of the molecule is CCCCCCCCCCOc1ccc(C(=O)Nc2ccc3nc(SCc4ccc([N+](=O)[O-])cc4)sc3c2)cc1. The van der Waals surface area contributed by atoms with Crippen molar-refractivity contribution < 1.29 is 14.5 Å². The zero-order valence-corrected chi connectivity index (χ0v) is 24.4. The van der Waals surface area contributed by atoms with Crippen molar-refractivity contribution in [3.8, 4) is 5.75 Å². The third-order valence-corrected chi connectivity index (χ3v) is 8.75. The fraction of sp³-hybridized carbons (Fsp3) is 0.355. The van der Waals surface area contributed by atoms with E-state index < -0.39 is 4.92 Å². The van der Waals surface area contributed by atoms with E-state index >= 15 is 0 Å². The van der Waals surface area contributed by atoms with Crippen molar-refractivity contribution >= 4 is 50.6 Å². The molecule has 4 rings (SSSR count). The van der Waals surface area contributed by atoms with Crippen molar-refractivity contribution in [2.45, 2.75) is 68.4 Å². The minimum atomic E-state index is -0.399. The van der Waals surface area contributed by atoms with Gasteiger partial charge in [0.1, 0.15) is 5.75 Å². The van der Waals surface area contributed by atoms with E-state index in [0.29, 0.717) is 23.6 Å². The second-order valence-electron chi connectivity index (χ2n) is 9.68. The molecule has 0 fully saturated rings. The fourth-order valence-electron chi connectivity index (χ4n) is 4.23. The van der Waals surface area contributed by atoms with Gasteiger partial charge < -0.3 is 10.1 Å². The third-order valence-electron chi connectivity index (χ3n) is 6.52. The molecule has 9 heteroatoms. The number of benzene rings is 3. The molecule has 1 amide bonds. The Bertz CT molecular complexity index is 1390. The highest BCUT2D eigenvalue weighted by molar-refractivity contribution is 8.00. The van der Waals surface area contributed by atoms with E-state index in [1.165, 1.54) is 57.1 Å². The van der Waals surface area contributed by atoms with Gasteiger partial charge in [0.05, 0.1) is 21.7 Å². The molecule has 4 aromatic rings. The van der Waals surface area contributed by atoms with Crippen molar-refractivity contribution in [3.63, 3.8) is 0 Å². The van der Waals surface area contributed by atoms with E-state index in [-0.39, 0.29) is 11.6 Å². The van der Waals surface area contributed by atoms with Crippen molar-refractivity contribution in [2.75, 3.05) is 11.9 Å². The number of unbranched alkanes of at least 4 members (excludes halogenated alkanes) is 7. The number of non-ortho nitro benzene ring substituents is 1. The number of amides is 1. The predicted molar refractivity (Wildman–Crippen MR) is 165 cm³/mol. The number of fused-ring (bicyclic) bond motifs is 1. The summed E-state index contributed by atoms with van der Waals surface area (Å²) in [5.74, 6) is 1.27. The fourth-order valence-corrected chi connectivity index (χ4v) is 6.30. The standard InChI is InChI=1S/C31H35N3O4S2/c1-2-3-4-5-6-7-8-9-20-38-27-17-12-24(13-18-27)30(35)32-25-14-19-28-29(21-25)40-31(33-28)39-22-23-10-15-26(16-11-23)34(36)37/h10-19,21H,2-9,20,22H2,1H3,(H,32,35). The number of carbonyl (C=O) groups excluding carboxylic acids is 1. The highest BCUT2D eigenvalue weighted by Gasteiger charge is 2.11. The summed E-state index contributed by atoms with van der Waals surface area (Å²) < 4.78 is 7.73. The molecule has 0 aliphatic heterocycles. The highest BCUT2D eigenvalue weighted by atomic mass is 32.2. The van der Waals surface area contributed by atoms with Gasteiger partial charge in [0, 0.05) is 29.1 Å². The number of carbonyl (C=O) groups is 1. The number of aromatic nitrogens is 1. The smallest absolute Gasteiger partial charge is 0.269 e. The molecule has 0 aliphatic rings. The monoisotopic (exact) mass is 577 g/mol. The lowest BCUT2D eigenvalue weighted by molar-refractivity contribution is -0.384. The summed E-state index contributed by atoms with van der Waals surface area (Å²) >= 11 is 3.14. The number of nitrogens with zero attached hydrogens (tertiary/aromatic N) is 2. The summed E-state index contributed by atoms with van der Waals surface area (Å²) in [5.41, 5.74) is 3.23. The topological polar surface area (TPSA) is 94.4 Å². The van der Waals surface area contributed by atoms with Gasteiger partial charge in [-0.1, -0.05) is 75.8 Å². The van der Waals surface area contributed by atoms with Gasteiger partial charge in [-0.25, -0.2) is 4.98 Å². The summed E-state index contributed by atoms with van der Waals surface area (Å²) in [4.78, 5) is 27.9. The molecule has 40 heavy (non-hydrogen) atoms. The number of nitrogens with one attached hydrogen (secondary N) is 1. The van der Waals surface area contributed by atoms with E-state index in [1.54, 1.807) is 47.4 Å². The molecule has 210 valence electrons. The summed E-state index contributed by atoms with van der Waals surface area (Å²) in [6, 6.07) is 19.5. The van der Waals surface area contributed by atoms with Crippen molar-refractivity contribution in [3.05, 3.63) is 88.0 Å². The van der Waals surface area contributed by atoms with Crippen molar-refractivity contribution in [2.24, 2.45) is 0 Å². The number of thioether (sulfide) groups is 1. The van der Waals surface area contributed by atoms with Crippen LogP contribution in [-0.4, -0.2) is 22.4 Å². The van der Waals surface area contributed by atoms with Gasteiger partial charge in [0.2, 0.25) is 0 Å². The number of hydrogen-bond acceptors (Lipinski definition) is 7. The summed E-state index contributed by atoms with van der Waals surface area (Å²) in [6.07, 6.45) is 10.1. The molecule has 1 heterocycles. The summed E-state index contributed by atoms with van der Waals surface area (Å²) in [7, 11) is 0. The number of thiazole rings is 1. The zero-order valence-electron chi connectivity index (χ0n) is 22.8. The zero-order chi connectivity index (χ0) is 28.2. The molecular weight excluding hydrogens is 542 g/mol. The highest BCUT2D eigenvalue weighted by Crippen LogP contribution is 2.33. The number of hydrogen-bond donors (Lipinski definition) is 1.